The highest BCUT2D eigenvalue weighted by Crippen LogP contribution is 2.27. The Labute approximate surface area is 140 Å². The third kappa shape index (κ3) is 4.81. The third-order valence-electron chi connectivity index (χ3n) is 3.42. The number of halogens is 1. The van der Waals surface area contributed by atoms with Crippen molar-refractivity contribution < 1.29 is 18.7 Å². The van der Waals surface area contributed by atoms with Gasteiger partial charge in [-0.2, -0.15) is 0 Å². The lowest BCUT2D eigenvalue weighted by atomic mass is 10.2. The highest BCUT2D eigenvalue weighted by atomic mass is 19.1. The van der Waals surface area contributed by atoms with Crippen LogP contribution in [0.4, 0.5) is 4.39 Å². The molecule has 0 atom stereocenters. The van der Waals surface area contributed by atoms with E-state index in [1.807, 2.05) is 0 Å². The van der Waals surface area contributed by atoms with Crippen LogP contribution in [0.1, 0.15) is 12.5 Å². The molecule has 0 aliphatic heterocycles. The van der Waals surface area contributed by atoms with Gasteiger partial charge < -0.3 is 15.0 Å². The van der Waals surface area contributed by atoms with Crippen LogP contribution in [-0.4, -0.2) is 30.3 Å². The molecule has 0 aromatic heterocycles. The monoisotopic (exact) mass is 330 g/mol. The van der Waals surface area contributed by atoms with Crippen LogP contribution >= 0.6 is 0 Å². The lowest BCUT2D eigenvalue weighted by Crippen LogP contribution is -2.37. The van der Waals surface area contributed by atoms with Gasteiger partial charge in [0.15, 0.2) is 11.6 Å². The summed E-state index contributed by atoms with van der Waals surface area (Å²) in [7, 11) is 1.55. The Morgan fingerprint density at radius 3 is 2.38 bits per heavy atom. The molecular formula is C18H19FN2O3. The van der Waals surface area contributed by atoms with Gasteiger partial charge in [-0.1, -0.05) is 30.3 Å². The highest BCUT2D eigenvalue weighted by molar-refractivity contribution is 5.83. The Hall–Kier alpha value is -2.89. The first-order valence-corrected chi connectivity index (χ1v) is 7.46. The molecular weight excluding hydrogens is 311 g/mol. The molecule has 0 fully saturated rings. The molecule has 0 aliphatic carbocycles. The number of carbonyl (C=O) groups excluding carboxylic acids is 2. The molecule has 0 unspecified atom stereocenters. The number of carbonyl (C=O) groups is 2. The second kappa shape index (κ2) is 8.10. The fourth-order valence-corrected chi connectivity index (χ4v) is 1.97. The van der Waals surface area contributed by atoms with Crippen LogP contribution in [0.15, 0.2) is 48.5 Å². The number of rotatable bonds is 6. The first-order chi connectivity index (χ1) is 11.5. The van der Waals surface area contributed by atoms with Crippen molar-refractivity contribution in [1.29, 1.82) is 0 Å². The van der Waals surface area contributed by atoms with Crippen LogP contribution in [0.2, 0.25) is 0 Å². The van der Waals surface area contributed by atoms with Crippen LogP contribution in [0.3, 0.4) is 0 Å². The van der Waals surface area contributed by atoms with Gasteiger partial charge in [0.25, 0.3) is 0 Å². The van der Waals surface area contributed by atoms with Crippen LogP contribution < -0.4 is 10.1 Å². The molecule has 2 rings (SSSR count). The Morgan fingerprint density at radius 2 is 1.71 bits per heavy atom. The molecule has 2 aromatic rings. The quantitative estimate of drug-likeness (QED) is 0.886. The maximum atomic E-state index is 13.7. The zero-order valence-corrected chi connectivity index (χ0v) is 13.6. The standard InChI is InChI=1S/C18H19FN2O3/c1-13(22)21(2)12-18(23)20-11-14-7-3-5-9-16(14)24-17-10-6-4-8-15(17)19/h3-10H,11-12H2,1-2H3,(H,20,23). The predicted molar refractivity (Wildman–Crippen MR) is 88.1 cm³/mol. The van der Waals surface area contributed by atoms with Crippen LogP contribution in [0.5, 0.6) is 11.5 Å². The van der Waals surface area contributed by atoms with E-state index in [1.165, 1.54) is 24.0 Å². The molecule has 126 valence electrons. The van der Waals surface area contributed by atoms with Crippen molar-refractivity contribution in [2.45, 2.75) is 13.5 Å². The summed E-state index contributed by atoms with van der Waals surface area (Å²) in [6, 6.07) is 13.2. The first kappa shape index (κ1) is 17.5. The average Bonchev–Trinajstić information content (AvgIpc) is 2.56. The number of ether oxygens (including phenoxy) is 1. The number of hydrogen-bond acceptors (Lipinski definition) is 3. The molecule has 1 N–H and O–H groups in total. The van der Waals surface area contributed by atoms with Crippen LogP contribution in [0.25, 0.3) is 0 Å². The van der Waals surface area contributed by atoms with Gasteiger partial charge in [0.1, 0.15) is 5.75 Å². The van der Waals surface area contributed by atoms with Gasteiger partial charge in [-0.3, -0.25) is 9.59 Å². The maximum absolute atomic E-state index is 13.7. The summed E-state index contributed by atoms with van der Waals surface area (Å²) >= 11 is 0. The van der Waals surface area contributed by atoms with Crippen molar-refractivity contribution in [3.05, 3.63) is 59.9 Å². The molecule has 2 amide bonds. The van der Waals surface area contributed by atoms with Gasteiger partial charge in [-0.15, -0.1) is 0 Å². The summed E-state index contributed by atoms with van der Waals surface area (Å²) in [6.07, 6.45) is 0. The van der Waals surface area contributed by atoms with Gasteiger partial charge in [0.05, 0.1) is 6.54 Å². The molecule has 24 heavy (non-hydrogen) atoms. The lowest BCUT2D eigenvalue weighted by molar-refractivity contribution is -0.133. The lowest BCUT2D eigenvalue weighted by Gasteiger charge is -2.15. The number of nitrogens with zero attached hydrogens (tertiary/aromatic N) is 1. The molecule has 5 nitrogen and oxygen atoms in total. The van der Waals surface area contributed by atoms with Crippen LogP contribution in [0, 0.1) is 5.82 Å². The van der Waals surface area contributed by atoms with Gasteiger partial charge in [-0.25, -0.2) is 4.39 Å². The predicted octanol–water partition coefficient (Wildman–Crippen LogP) is 2.71. The second-order valence-corrected chi connectivity index (χ2v) is 5.29. The molecule has 0 saturated heterocycles. The Bertz CT molecular complexity index is 734. The van der Waals surface area contributed by atoms with Crippen molar-refractivity contribution in [2.24, 2.45) is 0 Å². The molecule has 6 heteroatoms. The third-order valence-corrected chi connectivity index (χ3v) is 3.42. The van der Waals surface area contributed by atoms with E-state index >= 15 is 0 Å². The summed E-state index contributed by atoms with van der Waals surface area (Å²) in [5.74, 6) is -0.350. The summed E-state index contributed by atoms with van der Waals surface area (Å²) in [5, 5.41) is 2.72. The number of para-hydroxylation sites is 2. The van der Waals surface area contributed by atoms with Gasteiger partial charge in [0.2, 0.25) is 11.8 Å². The number of benzene rings is 2. The topological polar surface area (TPSA) is 58.6 Å². The first-order valence-electron chi connectivity index (χ1n) is 7.46. The van der Waals surface area contributed by atoms with Crippen molar-refractivity contribution in [2.75, 3.05) is 13.6 Å². The van der Waals surface area contributed by atoms with Crippen molar-refractivity contribution >= 4 is 11.8 Å². The molecule has 0 radical (unpaired) electrons. The zero-order valence-electron chi connectivity index (χ0n) is 13.6. The smallest absolute Gasteiger partial charge is 0.239 e. The Morgan fingerprint density at radius 1 is 1.08 bits per heavy atom. The van der Waals surface area contributed by atoms with Crippen molar-refractivity contribution in [1.82, 2.24) is 10.2 Å². The van der Waals surface area contributed by atoms with Crippen molar-refractivity contribution in [3.8, 4) is 11.5 Å². The number of hydrogen-bond donors (Lipinski definition) is 1. The second-order valence-electron chi connectivity index (χ2n) is 5.29. The molecule has 0 aliphatic rings. The van der Waals surface area contributed by atoms with E-state index in [9.17, 15) is 14.0 Å². The van der Waals surface area contributed by atoms with E-state index in [-0.39, 0.29) is 30.7 Å². The fraction of sp³-hybridized carbons (Fsp3) is 0.222. The van der Waals surface area contributed by atoms with E-state index in [4.69, 9.17) is 4.74 Å². The minimum absolute atomic E-state index is 0.0222. The van der Waals surface area contributed by atoms with E-state index in [1.54, 1.807) is 43.4 Å². The maximum Gasteiger partial charge on any atom is 0.239 e. The van der Waals surface area contributed by atoms with E-state index in [2.05, 4.69) is 5.32 Å². The Balaban J connectivity index is 2.03. The Kier molecular flexibility index (Phi) is 5.89. The van der Waals surface area contributed by atoms with E-state index in [0.29, 0.717) is 11.3 Å². The molecule has 0 heterocycles. The van der Waals surface area contributed by atoms with Gasteiger partial charge >= 0.3 is 0 Å². The number of nitrogens with one attached hydrogen (secondary N) is 1. The zero-order chi connectivity index (χ0) is 17.5. The molecule has 0 saturated carbocycles. The van der Waals surface area contributed by atoms with Crippen LogP contribution in [-0.2, 0) is 16.1 Å². The minimum Gasteiger partial charge on any atom is -0.454 e. The summed E-state index contributed by atoms with van der Waals surface area (Å²) < 4.78 is 19.3. The van der Waals surface area contributed by atoms with E-state index < -0.39 is 5.82 Å². The van der Waals surface area contributed by atoms with Crippen molar-refractivity contribution in [3.63, 3.8) is 0 Å². The minimum atomic E-state index is -0.459. The average molecular weight is 330 g/mol. The molecule has 0 bridgehead atoms. The summed E-state index contributed by atoms with van der Waals surface area (Å²) in [4.78, 5) is 24.3. The number of amides is 2. The van der Waals surface area contributed by atoms with Gasteiger partial charge in [0, 0.05) is 26.1 Å². The largest absolute Gasteiger partial charge is 0.454 e. The van der Waals surface area contributed by atoms with E-state index in [0.717, 1.165) is 0 Å². The normalized spacial score (nSPS) is 10.1. The summed E-state index contributed by atoms with van der Waals surface area (Å²) in [6.45, 7) is 1.59. The highest BCUT2D eigenvalue weighted by Gasteiger charge is 2.11. The summed E-state index contributed by atoms with van der Waals surface area (Å²) in [5.41, 5.74) is 0.708. The SMILES string of the molecule is CC(=O)N(C)CC(=O)NCc1ccccc1Oc1ccccc1F. The fourth-order valence-electron chi connectivity index (χ4n) is 1.97. The molecule has 0 spiro atoms. The van der Waals surface area contributed by atoms with Gasteiger partial charge in [-0.05, 0) is 18.2 Å². The number of likely N-dealkylation sites (N-methyl/N-ethyl adjacent to an activating group) is 1. The molecule has 2 aromatic carbocycles.